The molecule has 0 unspecified atom stereocenters. The van der Waals surface area contributed by atoms with Crippen LogP contribution in [0.2, 0.25) is 0 Å². The van der Waals surface area contributed by atoms with Crippen molar-refractivity contribution in [1.82, 2.24) is 14.8 Å². The molecule has 5 rings (SSSR count). The van der Waals surface area contributed by atoms with Crippen LogP contribution in [0.4, 0.5) is 15.8 Å². The number of anilines is 2. The van der Waals surface area contributed by atoms with Crippen LogP contribution in [-0.2, 0) is 9.59 Å². The Labute approximate surface area is 206 Å². The van der Waals surface area contributed by atoms with E-state index >= 15 is 0 Å². The molecule has 0 radical (unpaired) electrons. The van der Waals surface area contributed by atoms with Gasteiger partial charge in [0.1, 0.15) is 11.4 Å². The first kappa shape index (κ1) is 22.8. The van der Waals surface area contributed by atoms with Gasteiger partial charge in [-0.3, -0.25) is 19.1 Å². The van der Waals surface area contributed by atoms with Crippen LogP contribution in [0.5, 0.6) is 0 Å². The molecular formula is C26H22FN5O2S. The number of carbonyl (C=O) groups excluding carboxylic acids is 2. The van der Waals surface area contributed by atoms with Crippen molar-refractivity contribution in [2.45, 2.75) is 24.5 Å². The molecule has 0 spiro atoms. The van der Waals surface area contributed by atoms with Crippen molar-refractivity contribution in [1.29, 1.82) is 0 Å². The van der Waals surface area contributed by atoms with Crippen LogP contribution in [0.15, 0.2) is 84.0 Å². The maximum absolute atomic E-state index is 13.6. The molecule has 35 heavy (non-hydrogen) atoms. The van der Waals surface area contributed by atoms with Gasteiger partial charge in [0.15, 0.2) is 11.0 Å². The van der Waals surface area contributed by atoms with E-state index in [0.29, 0.717) is 28.0 Å². The van der Waals surface area contributed by atoms with Gasteiger partial charge in [-0.05, 0) is 50.2 Å². The van der Waals surface area contributed by atoms with E-state index in [0.717, 1.165) is 5.56 Å². The standard InChI is InChI=1S/C26H22FN5O2S/c1-26(2)24(34)28-20-10-6-7-11-21(20)32(26)22(33)16-35-25-30-29-23(17-8-4-3-5-9-17)31(25)19-14-12-18(27)13-15-19/h3-15H,16H2,1-2H3,(H,28,34). The highest BCUT2D eigenvalue weighted by atomic mass is 32.2. The Morgan fingerprint density at radius 2 is 1.66 bits per heavy atom. The zero-order valence-electron chi connectivity index (χ0n) is 19.1. The van der Waals surface area contributed by atoms with Crippen molar-refractivity contribution in [3.63, 3.8) is 0 Å². The van der Waals surface area contributed by atoms with Gasteiger partial charge in [-0.25, -0.2) is 4.39 Å². The third-order valence-corrected chi connectivity index (χ3v) is 6.75. The first-order valence-electron chi connectivity index (χ1n) is 11.0. The first-order valence-corrected chi connectivity index (χ1v) is 12.0. The Kier molecular flexibility index (Phi) is 5.86. The highest BCUT2D eigenvalue weighted by Crippen LogP contribution is 2.37. The van der Waals surface area contributed by atoms with E-state index in [4.69, 9.17) is 0 Å². The van der Waals surface area contributed by atoms with Gasteiger partial charge in [0.25, 0.3) is 0 Å². The number of amides is 2. The normalized spacial score (nSPS) is 14.4. The van der Waals surface area contributed by atoms with Crippen LogP contribution in [0.25, 0.3) is 17.1 Å². The molecule has 7 nitrogen and oxygen atoms in total. The smallest absolute Gasteiger partial charge is 0.250 e. The van der Waals surface area contributed by atoms with Crippen molar-refractivity contribution in [2.75, 3.05) is 16.0 Å². The van der Waals surface area contributed by atoms with Crippen LogP contribution >= 0.6 is 11.8 Å². The van der Waals surface area contributed by atoms with E-state index in [1.807, 2.05) is 48.5 Å². The monoisotopic (exact) mass is 487 g/mol. The van der Waals surface area contributed by atoms with E-state index in [1.54, 1.807) is 36.6 Å². The molecule has 1 aliphatic heterocycles. The molecule has 3 aromatic carbocycles. The topological polar surface area (TPSA) is 80.1 Å². The zero-order valence-corrected chi connectivity index (χ0v) is 19.9. The Hall–Kier alpha value is -3.98. The van der Waals surface area contributed by atoms with Crippen LogP contribution in [0, 0.1) is 5.82 Å². The van der Waals surface area contributed by atoms with Crippen molar-refractivity contribution >= 4 is 35.0 Å². The van der Waals surface area contributed by atoms with E-state index in [-0.39, 0.29) is 23.4 Å². The minimum atomic E-state index is -1.06. The van der Waals surface area contributed by atoms with Crippen LogP contribution in [0.1, 0.15) is 13.8 Å². The SMILES string of the molecule is CC1(C)C(=O)Nc2ccccc2N1C(=O)CSc1nnc(-c2ccccc2)n1-c1ccc(F)cc1. The molecule has 9 heteroatoms. The molecule has 2 heterocycles. The molecule has 0 bridgehead atoms. The second-order valence-corrected chi connectivity index (χ2v) is 9.47. The molecule has 176 valence electrons. The summed E-state index contributed by atoms with van der Waals surface area (Å²) in [4.78, 5) is 27.7. The number of benzene rings is 3. The average Bonchev–Trinajstić information content (AvgIpc) is 3.28. The maximum atomic E-state index is 13.6. The molecule has 0 saturated carbocycles. The number of nitrogens with one attached hydrogen (secondary N) is 1. The second kappa shape index (κ2) is 8.99. The largest absolute Gasteiger partial charge is 0.322 e. The molecule has 2 amide bonds. The number of thioether (sulfide) groups is 1. The Morgan fingerprint density at radius 3 is 2.40 bits per heavy atom. The molecule has 0 atom stereocenters. The lowest BCUT2D eigenvalue weighted by molar-refractivity contribution is -0.125. The summed E-state index contributed by atoms with van der Waals surface area (Å²) in [6, 6.07) is 22.8. The number of para-hydroxylation sites is 2. The molecule has 1 N–H and O–H groups in total. The summed E-state index contributed by atoms with van der Waals surface area (Å²) in [7, 11) is 0. The minimum absolute atomic E-state index is 0.0269. The predicted molar refractivity (Wildman–Crippen MR) is 134 cm³/mol. The summed E-state index contributed by atoms with van der Waals surface area (Å²) < 4.78 is 15.4. The van der Waals surface area contributed by atoms with Gasteiger partial charge in [-0.15, -0.1) is 10.2 Å². The molecule has 4 aromatic rings. The summed E-state index contributed by atoms with van der Waals surface area (Å²) in [6.07, 6.45) is 0. The predicted octanol–water partition coefficient (Wildman–Crippen LogP) is 4.93. The minimum Gasteiger partial charge on any atom is -0.322 e. The van der Waals surface area contributed by atoms with Crippen molar-refractivity contribution in [2.24, 2.45) is 0 Å². The molecule has 0 aliphatic carbocycles. The van der Waals surface area contributed by atoms with Gasteiger partial charge in [0, 0.05) is 11.3 Å². The number of nitrogens with zero attached hydrogens (tertiary/aromatic N) is 4. The summed E-state index contributed by atoms with van der Waals surface area (Å²) >= 11 is 1.21. The molecule has 1 aliphatic rings. The van der Waals surface area contributed by atoms with E-state index in [2.05, 4.69) is 15.5 Å². The van der Waals surface area contributed by atoms with Crippen LogP contribution < -0.4 is 10.2 Å². The second-order valence-electron chi connectivity index (χ2n) is 8.53. The summed E-state index contributed by atoms with van der Waals surface area (Å²) in [5.41, 5.74) is 1.69. The number of fused-ring (bicyclic) bond motifs is 1. The Bertz CT molecular complexity index is 1400. The number of rotatable bonds is 5. The quantitative estimate of drug-likeness (QED) is 0.404. The lowest BCUT2D eigenvalue weighted by Crippen LogP contribution is -2.59. The third kappa shape index (κ3) is 4.19. The molecular weight excluding hydrogens is 465 g/mol. The first-order chi connectivity index (χ1) is 16.9. The fraction of sp³-hybridized carbons (Fsp3) is 0.154. The number of carbonyl (C=O) groups is 2. The van der Waals surface area contributed by atoms with Gasteiger partial charge in [-0.1, -0.05) is 54.2 Å². The van der Waals surface area contributed by atoms with Crippen LogP contribution in [-0.4, -0.2) is 37.9 Å². The van der Waals surface area contributed by atoms with E-state index < -0.39 is 5.54 Å². The lowest BCUT2D eigenvalue weighted by atomic mass is 9.96. The fourth-order valence-electron chi connectivity index (χ4n) is 4.05. The number of hydrogen-bond donors (Lipinski definition) is 1. The lowest BCUT2D eigenvalue weighted by Gasteiger charge is -2.42. The van der Waals surface area contributed by atoms with E-state index in [9.17, 15) is 14.0 Å². The number of hydrogen-bond acceptors (Lipinski definition) is 5. The van der Waals surface area contributed by atoms with Gasteiger partial charge in [-0.2, -0.15) is 0 Å². The average molecular weight is 488 g/mol. The Balaban J connectivity index is 1.48. The van der Waals surface area contributed by atoms with Gasteiger partial charge in [0.05, 0.1) is 17.1 Å². The summed E-state index contributed by atoms with van der Waals surface area (Å²) in [5.74, 6) is -0.237. The van der Waals surface area contributed by atoms with Crippen molar-refractivity contribution < 1.29 is 14.0 Å². The molecule has 0 saturated heterocycles. The van der Waals surface area contributed by atoms with Crippen molar-refractivity contribution in [3.05, 3.63) is 84.7 Å². The number of halogens is 1. The van der Waals surface area contributed by atoms with Gasteiger partial charge in [0.2, 0.25) is 11.8 Å². The maximum Gasteiger partial charge on any atom is 0.250 e. The highest BCUT2D eigenvalue weighted by molar-refractivity contribution is 7.99. The number of aromatic nitrogens is 3. The summed E-state index contributed by atoms with van der Waals surface area (Å²) in [5, 5.41) is 12.0. The van der Waals surface area contributed by atoms with Gasteiger partial charge >= 0.3 is 0 Å². The molecule has 0 fully saturated rings. The molecule has 1 aromatic heterocycles. The highest BCUT2D eigenvalue weighted by Gasteiger charge is 2.43. The zero-order chi connectivity index (χ0) is 24.6. The van der Waals surface area contributed by atoms with Crippen LogP contribution in [0.3, 0.4) is 0 Å². The van der Waals surface area contributed by atoms with Crippen molar-refractivity contribution in [3.8, 4) is 17.1 Å². The van der Waals surface area contributed by atoms with Gasteiger partial charge < -0.3 is 5.32 Å². The summed E-state index contributed by atoms with van der Waals surface area (Å²) in [6.45, 7) is 3.44. The Morgan fingerprint density at radius 1 is 0.971 bits per heavy atom. The fourth-order valence-corrected chi connectivity index (χ4v) is 4.85. The van der Waals surface area contributed by atoms with E-state index in [1.165, 1.54) is 28.8 Å². The third-order valence-electron chi connectivity index (χ3n) is 5.83.